The van der Waals surface area contributed by atoms with Crippen molar-refractivity contribution in [3.8, 4) is 0 Å². The number of hydrogen-bond donors (Lipinski definition) is 1. The van der Waals surface area contributed by atoms with Crippen LogP contribution in [0.2, 0.25) is 0 Å². The second-order valence-corrected chi connectivity index (χ2v) is 5.98. The zero-order valence-corrected chi connectivity index (χ0v) is 11.7. The molecule has 1 aliphatic rings. The molecule has 3 heteroatoms. The number of anilines is 1. The van der Waals surface area contributed by atoms with Crippen molar-refractivity contribution in [2.75, 3.05) is 5.73 Å². The molecule has 17 heavy (non-hydrogen) atoms. The van der Waals surface area contributed by atoms with Crippen molar-refractivity contribution in [1.29, 1.82) is 0 Å². The summed E-state index contributed by atoms with van der Waals surface area (Å²) >= 11 is 3.39. The van der Waals surface area contributed by atoms with Gasteiger partial charge in [0.1, 0.15) is 0 Å². The van der Waals surface area contributed by atoms with Crippen LogP contribution in [0.15, 0.2) is 22.7 Å². The molecule has 0 bridgehead atoms. The van der Waals surface area contributed by atoms with E-state index in [0.717, 1.165) is 23.7 Å². The Labute approximate surface area is 111 Å². The number of halogens is 1. The molecule has 1 aliphatic carbocycles. The van der Waals surface area contributed by atoms with Crippen LogP contribution in [-0.4, -0.2) is 5.78 Å². The van der Waals surface area contributed by atoms with Crippen LogP contribution in [0.25, 0.3) is 0 Å². The van der Waals surface area contributed by atoms with Crippen LogP contribution in [0.4, 0.5) is 5.69 Å². The standard InChI is InChI=1S/C14H18BrNO/c1-9-3-2-4-10(7-9)14(17)12-8-11(15)5-6-13(12)16/h5-6,8-10H,2-4,7,16H2,1H3. The lowest BCUT2D eigenvalue weighted by Gasteiger charge is -2.26. The summed E-state index contributed by atoms with van der Waals surface area (Å²) in [6.07, 6.45) is 4.42. The van der Waals surface area contributed by atoms with Gasteiger partial charge in [-0.05, 0) is 37.0 Å². The fraction of sp³-hybridized carbons (Fsp3) is 0.500. The lowest BCUT2D eigenvalue weighted by Crippen LogP contribution is -2.22. The average Bonchev–Trinajstić information content (AvgIpc) is 2.31. The van der Waals surface area contributed by atoms with Gasteiger partial charge in [-0.25, -0.2) is 0 Å². The minimum absolute atomic E-state index is 0.162. The molecule has 0 radical (unpaired) electrons. The van der Waals surface area contributed by atoms with E-state index >= 15 is 0 Å². The van der Waals surface area contributed by atoms with Gasteiger partial charge in [-0.2, -0.15) is 0 Å². The molecule has 0 aliphatic heterocycles. The van der Waals surface area contributed by atoms with Gasteiger partial charge in [-0.15, -0.1) is 0 Å². The van der Waals surface area contributed by atoms with Crippen LogP contribution in [0.3, 0.4) is 0 Å². The molecular weight excluding hydrogens is 278 g/mol. The quantitative estimate of drug-likeness (QED) is 0.661. The van der Waals surface area contributed by atoms with E-state index in [1.54, 1.807) is 6.07 Å². The number of nitrogen functional groups attached to an aromatic ring is 1. The van der Waals surface area contributed by atoms with Gasteiger partial charge in [0.15, 0.2) is 5.78 Å². The molecule has 1 saturated carbocycles. The molecule has 0 spiro atoms. The van der Waals surface area contributed by atoms with Gasteiger partial charge in [0.05, 0.1) is 0 Å². The fourth-order valence-corrected chi connectivity index (χ4v) is 3.00. The number of rotatable bonds is 2. The summed E-state index contributed by atoms with van der Waals surface area (Å²) in [5.74, 6) is 1.04. The first-order chi connectivity index (χ1) is 8.08. The van der Waals surface area contributed by atoms with Crippen LogP contribution in [0.1, 0.15) is 43.0 Å². The molecule has 2 rings (SSSR count). The lowest BCUT2D eigenvalue weighted by molar-refractivity contribution is 0.0869. The third kappa shape index (κ3) is 2.89. The minimum atomic E-state index is 0.162. The summed E-state index contributed by atoms with van der Waals surface area (Å²) in [6, 6.07) is 5.51. The predicted molar refractivity (Wildman–Crippen MR) is 74.0 cm³/mol. The zero-order valence-electron chi connectivity index (χ0n) is 10.1. The van der Waals surface area contributed by atoms with Crippen LogP contribution in [-0.2, 0) is 0 Å². The van der Waals surface area contributed by atoms with E-state index in [2.05, 4.69) is 22.9 Å². The lowest BCUT2D eigenvalue weighted by atomic mass is 9.78. The molecule has 2 N–H and O–H groups in total. The zero-order chi connectivity index (χ0) is 12.4. The van der Waals surface area contributed by atoms with Gasteiger partial charge in [0, 0.05) is 21.6 Å². The normalized spacial score (nSPS) is 24.6. The monoisotopic (exact) mass is 295 g/mol. The van der Waals surface area contributed by atoms with E-state index in [-0.39, 0.29) is 11.7 Å². The van der Waals surface area contributed by atoms with E-state index in [0.29, 0.717) is 17.2 Å². The smallest absolute Gasteiger partial charge is 0.168 e. The maximum Gasteiger partial charge on any atom is 0.168 e. The minimum Gasteiger partial charge on any atom is -0.398 e. The Balaban J connectivity index is 2.21. The molecule has 0 saturated heterocycles. The number of ketones is 1. The van der Waals surface area contributed by atoms with E-state index in [4.69, 9.17) is 5.73 Å². The molecule has 2 atom stereocenters. The molecule has 0 amide bonds. The van der Waals surface area contributed by atoms with Crippen molar-refractivity contribution in [3.63, 3.8) is 0 Å². The maximum absolute atomic E-state index is 12.4. The number of Topliss-reactive ketones (excluding diaryl/α,β-unsaturated/α-hetero) is 1. The Hall–Kier alpha value is -0.830. The summed E-state index contributed by atoms with van der Waals surface area (Å²) < 4.78 is 0.916. The average molecular weight is 296 g/mol. The summed E-state index contributed by atoms with van der Waals surface area (Å²) in [4.78, 5) is 12.4. The van der Waals surface area contributed by atoms with Crippen LogP contribution in [0.5, 0.6) is 0 Å². The maximum atomic E-state index is 12.4. The van der Waals surface area contributed by atoms with Crippen molar-refractivity contribution in [3.05, 3.63) is 28.2 Å². The summed E-state index contributed by atoms with van der Waals surface area (Å²) in [5, 5.41) is 0. The van der Waals surface area contributed by atoms with Crippen molar-refractivity contribution in [1.82, 2.24) is 0 Å². The van der Waals surface area contributed by atoms with Gasteiger partial charge >= 0.3 is 0 Å². The van der Waals surface area contributed by atoms with Crippen LogP contribution >= 0.6 is 15.9 Å². The highest BCUT2D eigenvalue weighted by Crippen LogP contribution is 2.32. The predicted octanol–water partition coefficient (Wildman–Crippen LogP) is 4.04. The molecule has 0 aromatic heterocycles. The Morgan fingerprint density at radius 3 is 2.88 bits per heavy atom. The highest BCUT2D eigenvalue weighted by Gasteiger charge is 2.26. The fourth-order valence-electron chi connectivity index (χ4n) is 2.63. The molecule has 2 unspecified atom stereocenters. The molecule has 1 fully saturated rings. The SMILES string of the molecule is CC1CCCC(C(=O)c2cc(Br)ccc2N)C1. The van der Waals surface area contributed by atoms with E-state index < -0.39 is 0 Å². The Bertz CT molecular complexity index is 430. The van der Waals surface area contributed by atoms with Gasteiger partial charge in [0.2, 0.25) is 0 Å². The van der Waals surface area contributed by atoms with E-state index in [1.807, 2.05) is 12.1 Å². The second-order valence-electron chi connectivity index (χ2n) is 5.06. The Kier molecular flexibility index (Phi) is 3.87. The number of benzene rings is 1. The van der Waals surface area contributed by atoms with Gasteiger partial charge < -0.3 is 5.73 Å². The first kappa shape index (κ1) is 12.6. The summed E-state index contributed by atoms with van der Waals surface area (Å²) in [6.45, 7) is 2.23. The van der Waals surface area contributed by atoms with Gasteiger partial charge in [-0.1, -0.05) is 35.7 Å². The highest BCUT2D eigenvalue weighted by molar-refractivity contribution is 9.10. The molecule has 1 aromatic rings. The van der Waals surface area contributed by atoms with Crippen molar-refractivity contribution >= 4 is 27.4 Å². The highest BCUT2D eigenvalue weighted by atomic mass is 79.9. The topological polar surface area (TPSA) is 43.1 Å². The van der Waals surface area contributed by atoms with Gasteiger partial charge in [0.25, 0.3) is 0 Å². The Morgan fingerprint density at radius 2 is 2.18 bits per heavy atom. The van der Waals surface area contributed by atoms with Crippen LogP contribution in [0, 0.1) is 11.8 Å². The number of nitrogens with two attached hydrogens (primary N) is 1. The molecular formula is C14H18BrNO. The van der Waals surface area contributed by atoms with Crippen molar-refractivity contribution in [2.45, 2.75) is 32.6 Å². The number of carbonyl (C=O) groups excluding carboxylic acids is 1. The molecule has 0 heterocycles. The third-order valence-corrected chi connectivity index (χ3v) is 4.08. The molecule has 1 aromatic carbocycles. The second kappa shape index (κ2) is 5.21. The van der Waals surface area contributed by atoms with Crippen molar-refractivity contribution in [2.24, 2.45) is 11.8 Å². The first-order valence-corrected chi connectivity index (χ1v) is 6.96. The number of hydrogen-bond acceptors (Lipinski definition) is 2. The number of carbonyl (C=O) groups is 1. The van der Waals surface area contributed by atoms with E-state index in [9.17, 15) is 4.79 Å². The van der Waals surface area contributed by atoms with Crippen LogP contribution < -0.4 is 5.73 Å². The van der Waals surface area contributed by atoms with Crippen molar-refractivity contribution < 1.29 is 4.79 Å². The summed E-state index contributed by atoms with van der Waals surface area (Å²) in [5.41, 5.74) is 7.16. The third-order valence-electron chi connectivity index (χ3n) is 3.59. The molecule has 92 valence electrons. The summed E-state index contributed by atoms with van der Waals surface area (Å²) in [7, 11) is 0. The Morgan fingerprint density at radius 1 is 1.41 bits per heavy atom. The van der Waals surface area contributed by atoms with E-state index in [1.165, 1.54) is 6.42 Å². The first-order valence-electron chi connectivity index (χ1n) is 6.17. The molecule has 2 nitrogen and oxygen atoms in total. The largest absolute Gasteiger partial charge is 0.398 e. The van der Waals surface area contributed by atoms with Gasteiger partial charge in [-0.3, -0.25) is 4.79 Å².